The third-order valence-corrected chi connectivity index (χ3v) is 3.62. The molecule has 0 heterocycles. The van der Waals surface area contributed by atoms with Crippen molar-refractivity contribution in [3.8, 4) is 0 Å². The molecule has 1 aliphatic carbocycles. The Labute approximate surface area is 83.4 Å². The van der Waals surface area contributed by atoms with Crippen molar-refractivity contribution in [1.82, 2.24) is 0 Å². The van der Waals surface area contributed by atoms with Crippen LogP contribution in [0.3, 0.4) is 0 Å². The summed E-state index contributed by atoms with van der Waals surface area (Å²) in [6.45, 7) is 11.5. The van der Waals surface area contributed by atoms with Crippen molar-refractivity contribution in [2.45, 2.75) is 47.5 Å². The maximum absolute atomic E-state index is 2.42. The van der Waals surface area contributed by atoms with Crippen LogP contribution in [0.2, 0.25) is 0 Å². The fourth-order valence-electron chi connectivity index (χ4n) is 2.43. The van der Waals surface area contributed by atoms with Crippen LogP contribution in [0.25, 0.3) is 0 Å². The fourth-order valence-corrected chi connectivity index (χ4v) is 2.43. The molecule has 3 atom stereocenters. The van der Waals surface area contributed by atoms with Crippen LogP contribution in [0, 0.1) is 23.7 Å². The molecule has 3 unspecified atom stereocenters. The topological polar surface area (TPSA) is 0 Å². The number of allylic oxidation sites excluding steroid dienone is 2. The molecule has 0 radical (unpaired) electrons. The largest absolute Gasteiger partial charge is 0.0887 e. The number of hydrogen-bond donors (Lipinski definition) is 0. The highest BCUT2D eigenvalue weighted by molar-refractivity contribution is 5.01. The van der Waals surface area contributed by atoms with E-state index in [1.54, 1.807) is 5.57 Å². The van der Waals surface area contributed by atoms with Crippen LogP contribution in [0.15, 0.2) is 11.6 Å². The molecular formula is C13H24. The van der Waals surface area contributed by atoms with Gasteiger partial charge in [-0.15, -0.1) is 0 Å². The van der Waals surface area contributed by atoms with Gasteiger partial charge >= 0.3 is 0 Å². The first-order valence-corrected chi connectivity index (χ1v) is 5.68. The monoisotopic (exact) mass is 180 g/mol. The fraction of sp³-hybridized carbons (Fsp3) is 0.846. The smallest absolute Gasteiger partial charge is 0.0295 e. The molecule has 0 bridgehead atoms. The molecular weight excluding hydrogens is 156 g/mol. The van der Waals surface area contributed by atoms with E-state index in [0.717, 1.165) is 23.7 Å². The van der Waals surface area contributed by atoms with E-state index in [4.69, 9.17) is 0 Å². The van der Waals surface area contributed by atoms with Crippen molar-refractivity contribution < 1.29 is 0 Å². The molecule has 1 saturated carbocycles. The minimum Gasteiger partial charge on any atom is -0.0887 e. The lowest BCUT2D eigenvalue weighted by Gasteiger charge is -2.12. The zero-order valence-corrected chi connectivity index (χ0v) is 9.80. The molecule has 0 amide bonds. The van der Waals surface area contributed by atoms with E-state index in [1.807, 2.05) is 0 Å². The molecule has 0 aromatic heterocycles. The Kier molecular flexibility index (Phi) is 3.58. The first-order valence-electron chi connectivity index (χ1n) is 5.68. The van der Waals surface area contributed by atoms with E-state index in [9.17, 15) is 0 Å². The zero-order valence-electron chi connectivity index (χ0n) is 9.80. The molecule has 1 aliphatic rings. The molecule has 0 spiro atoms. The molecule has 0 aromatic carbocycles. The van der Waals surface area contributed by atoms with Crippen molar-refractivity contribution in [2.75, 3.05) is 0 Å². The second kappa shape index (κ2) is 4.30. The first kappa shape index (κ1) is 10.8. The lowest BCUT2D eigenvalue weighted by molar-refractivity contribution is 0.421. The molecule has 0 heteroatoms. The summed E-state index contributed by atoms with van der Waals surface area (Å²) < 4.78 is 0. The van der Waals surface area contributed by atoms with Gasteiger partial charge in [0.15, 0.2) is 0 Å². The molecule has 0 nitrogen and oxygen atoms in total. The van der Waals surface area contributed by atoms with E-state index in [1.165, 1.54) is 12.8 Å². The van der Waals surface area contributed by atoms with Gasteiger partial charge in [0.25, 0.3) is 0 Å². The SMILES string of the molecule is CC=C(C)CC(C)C1CC1C(C)C. The van der Waals surface area contributed by atoms with Gasteiger partial charge in [-0.25, -0.2) is 0 Å². The summed E-state index contributed by atoms with van der Waals surface area (Å²) in [7, 11) is 0. The quantitative estimate of drug-likeness (QED) is 0.567. The summed E-state index contributed by atoms with van der Waals surface area (Å²) in [5, 5.41) is 0. The van der Waals surface area contributed by atoms with E-state index < -0.39 is 0 Å². The molecule has 13 heavy (non-hydrogen) atoms. The molecule has 1 rings (SSSR count). The molecule has 0 N–H and O–H groups in total. The van der Waals surface area contributed by atoms with Crippen molar-refractivity contribution in [3.05, 3.63) is 11.6 Å². The van der Waals surface area contributed by atoms with Crippen LogP contribution >= 0.6 is 0 Å². The molecule has 0 aromatic rings. The average Bonchev–Trinajstić information content (AvgIpc) is 2.82. The summed E-state index contributed by atoms with van der Waals surface area (Å²) >= 11 is 0. The van der Waals surface area contributed by atoms with Crippen LogP contribution < -0.4 is 0 Å². The van der Waals surface area contributed by atoms with Crippen molar-refractivity contribution >= 4 is 0 Å². The van der Waals surface area contributed by atoms with Gasteiger partial charge in [0.05, 0.1) is 0 Å². The van der Waals surface area contributed by atoms with Crippen molar-refractivity contribution in [1.29, 1.82) is 0 Å². The second-order valence-electron chi connectivity index (χ2n) is 5.12. The summed E-state index contributed by atoms with van der Waals surface area (Å²) in [5.74, 6) is 3.86. The Bertz CT molecular complexity index is 188. The van der Waals surface area contributed by atoms with E-state index in [0.29, 0.717) is 0 Å². The lowest BCUT2D eigenvalue weighted by Crippen LogP contribution is -2.03. The van der Waals surface area contributed by atoms with E-state index in [-0.39, 0.29) is 0 Å². The summed E-state index contributed by atoms with van der Waals surface area (Å²) in [5.41, 5.74) is 1.56. The zero-order chi connectivity index (χ0) is 10.0. The Balaban J connectivity index is 2.31. The predicted molar refractivity (Wildman–Crippen MR) is 59.6 cm³/mol. The standard InChI is InChI=1S/C13H24/c1-6-10(4)7-11(5)13-8-12(13)9(2)3/h6,9,11-13H,7-8H2,1-5H3. The Morgan fingerprint density at radius 1 is 1.31 bits per heavy atom. The summed E-state index contributed by atoms with van der Waals surface area (Å²) in [4.78, 5) is 0. The van der Waals surface area contributed by atoms with E-state index >= 15 is 0 Å². The van der Waals surface area contributed by atoms with Crippen LogP contribution in [0.1, 0.15) is 47.5 Å². The van der Waals surface area contributed by atoms with Crippen LogP contribution in [-0.2, 0) is 0 Å². The van der Waals surface area contributed by atoms with Crippen LogP contribution in [0.5, 0.6) is 0 Å². The second-order valence-corrected chi connectivity index (χ2v) is 5.12. The highest BCUT2D eigenvalue weighted by Crippen LogP contribution is 2.50. The van der Waals surface area contributed by atoms with Gasteiger partial charge < -0.3 is 0 Å². The summed E-state index contributed by atoms with van der Waals surface area (Å²) in [6, 6.07) is 0. The minimum absolute atomic E-state index is 0.901. The molecule has 0 saturated heterocycles. The van der Waals surface area contributed by atoms with Gasteiger partial charge in [-0.05, 0) is 50.4 Å². The maximum Gasteiger partial charge on any atom is -0.0295 e. The third-order valence-electron chi connectivity index (χ3n) is 3.62. The molecule has 0 aliphatic heterocycles. The predicted octanol–water partition coefficient (Wildman–Crippen LogP) is 4.27. The Morgan fingerprint density at radius 3 is 2.31 bits per heavy atom. The first-order chi connectivity index (χ1) is 6.06. The van der Waals surface area contributed by atoms with Gasteiger partial charge in [-0.2, -0.15) is 0 Å². The van der Waals surface area contributed by atoms with Gasteiger partial charge in [0.2, 0.25) is 0 Å². The average molecular weight is 180 g/mol. The Hall–Kier alpha value is -0.260. The lowest BCUT2D eigenvalue weighted by atomic mass is 9.93. The Morgan fingerprint density at radius 2 is 1.92 bits per heavy atom. The normalized spacial score (nSPS) is 30.8. The van der Waals surface area contributed by atoms with Crippen molar-refractivity contribution in [2.24, 2.45) is 23.7 Å². The highest BCUT2D eigenvalue weighted by atomic mass is 14.5. The highest BCUT2D eigenvalue weighted by Gasteiger charge is 2.42. The minimum atomic E-state index is 0.901. The third kappa shape index (κ3) is 2.86. The van der Waals surface area contributed by atoms with Gasteiger partial charge in [-0.1, -0.05) is 32.4 Å². The van der Waals surface area contributed by atoms with Crippen molar-refractivity contribution in [3.63, 3.8) is 0 Å². The number of hydrogen-bond acceptors (Lipinski definition) is 0. The summed E-state index contributed by atoms with van der Waals surface area (Å²) in [6.07, 6.45) is 5.05. The maximum atomic E-state index is 2.42. The number of rotatable bonds is 4. The van der Waals surface area contributed by atoms with Gasteiger partial charge in [-0.3, -0.25) is 0 Å². The van der Waals surface area contributed by atoms with E-state index in [2.05, 4.69) is 40.7 Å². The van der Waals surface area contributed by atoms with Gasteiger partial charge in [0.1, 0.15) is 0 Å². The molecule has 76 valence electrons. The van der Waals surface area contributed by atoms with Crippen LogP contribution in [-0.4, -0.2) is 0 Å². The van der Waals surface area contributed by atoms with Gasteiger partial charge in [0, 0.05) is 0 Å². The van der Waals surface area contributed by atoms with Crippen LogP contribution in [0.4, 0.5) is 0 Å². The molecule has 1 fully saturated rings.